The van der Waals surface area contributed by atoms with E-state index >= 15 is 0 Å². The maximum absolute atomic E-state index is 11.0. The van der Waals surface area contributed by atoms with Gasteiger partial charge in [0, 0.05) is 6.54 Å². The van der Waals surface area contributed by atoms with Crippen molar-refractivity contribution in [2.75, 3.05) is 6.54 Å². The van der Waals surface area contributed by atoms with E-state index in [4.69, 9.17) is 10.8 Å². The minimum absolute atomic E-state index is 0.421. The van der Waals surface area contributed by atoms with Gasteiger partial charge in [0.2, 0.25) is 5.16 Å². The molecule has 1 rings (SSSR count). The molecular weight excluding hydrogens is 230 g/mol. The van der Waals surface area contributed by atoms with E-state index in [1.165, 1.54) is 16.4 Å². The van der Waals surface area contributed by atoms with E-state index in [0.29, 0.717) is 24.7 Å². The Bertz CT molecular complexity index is 343. The molecular formula is C8H15N5O2S. The highest BCUT2D eigenvalue weighted by Gasteiger charge is 2.21. The van der Waals surface area contributed by atoms with Crippen molar-refractivity contribution in [2.45, 2.75) is 36.7 Å². The topological polar surface area (TPSA) is 107 Å². The summed E-state index contributed by atoms with van der Waals surface area (Å²) in [5.74, 6) is -0.839. The molecule has 0 aliphatic carbocycles. The first kappa shape index (κ1) is 12.9. The molecule has 0 spiro atoms. The molecule has 3 N–H and O–H groups in total. The van der Waals surface area contributed by atoms with Crippen molar-refractivity contribution in [3.05, 3.63) is 0 Å². The van der Waals surface area contributed by atoms with Gasteiger partial charge < -0.3 is 10.8 Å². The molecule has 0 radical (unpaired) electrons. The normalized spacial score (nSPS) is 12.6. The summed E-state index contributed by atoms with van der Waals surface area (Å²) in [5.41, 5.74) is 5.40. The van der Waals surface area contributed by atoms with Gasteiger partial charge in [0.05, 0.1) is 6.54 Å². The van der Waals surface area contributed by atoms with Gasteiger partial charge in [-0.15, -0.1) is 5.10 Å². The third kappa shape index (κ3) is 3.46. The Morgan fingerprint density at radius 1 is 1.69 bits per heavy atom. The predicted molar refractivity (Wildman–Crippen MR) is 59.1 cm³/mol. The average molecular weight is 245 g/mol. The number of hydrogen-bond donors (Lipinski definition) is 2. The van der Waals surface area contributed by atoms with Crippen LogP contribution in [0.5, 0.6) is 0 Å². The molecule has 1 aromatic heterocycles. The zero-order chi connectivity index (χ0) is 12.0. The summed E-state index contributed by atoms with van der Waals surface area (Å²) in [4.78, 5) is 11.0. The molecule has 8 heteroatoms. The molecule has 90 valence electrons. The summed E-state index contributed by atoms with van der Waals surface area (Å²) in [6.07, 6.45) is 1.40. The predicted octanol–water partition coefficient (Wildman–Crippen LogP) is -0.0228. The third-order valence-electron chi connectivity index (χ3n) is 1.91. The van der Waals surface area contributed by atoms with Crippen LogP contribution in [0.2, 0.25) is 0 Å². The summed E-state index contributed by atoms with van der Waals surface area (Å²) < 4.78 is 1.52. The van der Waals surface area contributed by atoms with E-state index in [9.17, 15) is 4.79 Å². The number of tetrazole rings is 1. The highest BCUT2D eigenvalue weighted by molar-refractivity contribution is 8.00. The Hall–Kier alpha value is -1.15. The molecule has 1 aromatic rings. The molecule has 0 saturated heterocycles. The Kier molecular flexibility index (Phi) is 5.20. The summed E-state index contributed by atoms with van der Waals surface area (Å²) in [6, 6.07) is 0. The SMILES string of the molecule is CCCC(Sc1nnnn1CCN)C(=O)O. The maximum atomic E-state index is 11.0. The van der Waals surface area contributed by atoms with Crippen LogP contribution >= 0.6 is 11.8 Å². The van der Waals surface area contributed by atoms with Gasteiger partial charge in [-0.3, -0.25) is 4.79 Å². The van der Waals surface area contributed by atoms with E-state index in [-0.39, 0.29) is 0 Å². The molecule has 16 heavy (non-hydrogen) atoms. The van der Waals surface area contributed by atoms with Gasteiger partial charge in [-0.05, 0) is 16.8 Å². The van der Waals surface area contributed by atoms with E-state index in [0.717, 1.165) is 6.42 Å². The fourth-order valence-corrected chi connectivity index (χ4v) is 2.21. The first-order valence-electron chi connectivity index (χ1n) is 5.04. The van der Waals surface area contributed by atoms with Crippen molar-refractivity contribution in [1.29, 1.82) is 0 Å². The number of carboxylic acids is 1. The molecule has 7 nitrogen and oxygen atoms in total. The second-order valence-electron chi connectivity index (χ2n) is 3.21. The number of nitrogens with two attached hydrogens (primary N) is 1. The van der Waals surface area contributed by atoms with Crippen molar-refractivity contribution < 1.29 is 9.90 Å². The van der Waals surface area contributed by atoms with E-state index in [1.807, 2.05) is 6.92 Å². The number of nitrogens with zero attached hydrogens (tertiary/aromatic N) is 4. The molecule has 0 saturated carbocycles. The van der Waals surface area contributed by atoms with Gasteiger partial charge in [-0.2, -0.15) is 0 Å². The first-order chi connectivity index (χ1) is 7.69. The molecule has 0 fully saturated rings. The van der Waals surface area contributed by atoms with Crippen LogP contribution in [0.1, 0.15) is 19.8 Å². The fourth-order valence-electron chi connectivity index (χ4n) is 1.17. The van der Waals surface area contributed by atoms with E-state index in [1.54, 1.807) is 0 Å². The van der Waals surface area contributed by atoms with E-state index in [2.05, 4.69) is 15.5 Å². The molecule has 0 bridgehead atoms. The van der Waals surface area contributed by atoms with Crippen LogP contribution in [0.4, 0.5) is 0 Å². The molecule has 0 amide bonds. The molecule has 1 unspecified atom stereocenters. The minimum atomic E-state index is -0.839. The van der Waals surface area contributed by atoms with Gasteiger partial charge in [-0.25, -0.2) is 4.68 Å². The number of thioether (sulfide) groups is 1. The summed E-state index contributed by atoms with van der Waals surface area (Å²) in [7, 11) is 0. The van der Waals surface area contributed by atoms with E-state index < -0.39 is 11.2 Å². The van der Waals surface area contributed by atoms with Crippen molar-refractivity contribution in [3.63, 3.8) is 0 Å². The quantitative estimate of drug-likeness (QED) is 0.650. The zero-order valence-electron chi connectivity index (χ0n) is 9.04. The lowest BCUT2D eigenvalue weighted by Crippen LogP contribution is -2.18. The Balaban J connectivity index is 2.68. The van der Waals surface area contributed by atoms with Crippen LogP contribution in [0.3, 0.4) is 0 Å². The monoisotopic (exact) mass is 245 g/mol. The molecule has 0 aromatic carbocycles. The Morgan fingerprint density at radius 2 is 2.44 bits per heavy atom. The second-order valence-corrected chi connectivity index (χ2v) is 4.38. The van der Waals surface area contributed by atoms with Crippen molar-refractivity contribution >= 4 is 17.7 Å². The third-order valence-corrected chi connectivity index (χ3v) is 3.14. The van der Waals surface area contributed by atoms with Gasteiger partial charge in [0.1, 0.15) is 5.25 Å². The van der Waals surface area contributed by atoms with Crippen LogP contribution < -0.4 is 5.73 Å². The van der Waals surface area contributed by atoms with Crippen LogP contribution in [-0.2, 0) is 11.3 Å². The lowest BCUT2D eigenvalue weighted by Gasteiger charge is -2.09. The van der Waals surface area contributed by atoms with Gasteiger partial charge in [0.15, 0.2) is 0 Å². The maximum Gasteiger partial charge on any atom is 0.317 e. The largest absolute Gasteiger partial charge is 0.480 e. The number of aromatic nitrogens is 4. The standard InChI is InChI=1S/C8H15N5O2S/c1-2-3-6(7(14)15)16-8-10-11-12-13(8)5-4-9/h6H,2-5,9H2,1H3,(H,14,15). The van der Waals surface area contributed by atoms with Crippen molar-refractivity contribution in [2.24, 2.45) is 5.73 Å². The zero-order valence-corrected chi connectivity index (χ0v) is 9.85. The second kappa shape index (κ2) is 6.44. The number of hydrogen-bond acceptors (Lipinski definition) is 6. The summed E-state index contributed by atoms with van der Waals surface area (Å²) in [6.45, 7) is 2.86. The van der Waals surface area contributed by atoms with Gasteiger partial charge in [0.25, 0.3) is 0 Å². The lowest BCUT2D eigenvalue weighted by atomic mass is 10.2. The first-order valence-corrected chi connectivity index (χ1v) is 5.92. The lowest BCUT2D eigenvalue weighted by molar-refractivity contribution is -0.136. The highest BCUT2D eigenvalue weighted by Crippen LogP contribution is 2.23. The highest BCUT2D eigenvalue weighted by atomic mass is 32.2. The van der Waals surface area contributed by atoms with Crippen LogP contribution in [0, 0.1) is 0 Å². The summed E-state index contributed by atoms with van der Waals surface area (Å²) >= 11 is 1.17. The van der Waals surface area contributed by atoms with Crippen molar-refractivity contribution in [1.82, 2.24) is 20.2 Å². The van der Waals surface area contributed by atoms with Crippen molar-refractivity contribution in [3.8, 4) is 0 Å². The smallest absolute Gasteiger partial charge is 0.317 e. The molecule has 0 aliphatic heterocycles. The number of rotatable bonds is 7. The fraction of sp³-hybridized carbons (Fsp3) is 0.750. The number of carboxylic acid groups (broad SMARTS) is 1. The van der Waals surface area contributed by atoms with Gasteiger partial charge in [-0.1, -0.05) is 25.1 Å². The number of aliphatic carboxylic acids is 1. The Labute approximate surface area is 97.4 Å². The molecule has 0 aliphatic rings. The number of carbonyl (C=O) groups is 1. The minimum Gasteiger partial charge on any atom is -0.480 e. The average Bonchev–Trinajstić information content (AvgIpc) is 2.65. The Morgan fingerprint density at radius 3 is 3.00 bits per heavy atom. The van der Waals surface area contributed by atoms with Crippen LogP contribution in [-0.4, -0.2) is 43.1 Å². The molecule has 1 heterocycles. The van der Waals surface area contributed by atoms with Crippen LogP contribution in [0.25, 0.3) is 0 Å². The van der Waals surface area contributed by atoms with Gasteiger partial charge >= 0.3 is 5.97 Å². The summed E-state index contributed by atoms with van der Waals surface area (Å²) in [5, 5.41) is 20.0. The van der Waals surface area contributed by atoms with Crippen LogP contribution in [0.15, 0.2) is 5.16 Å². The molecule has 1 atom stereocenters.